The first kappa shape index (κ1) is 16.6. The Bertz CT molecular complexity index is 1010. The van der Waals surface area contributed by atoms with Crippen LogP contribution >= 0.6 is 0 Å². The third-order valence-electron chi connectivity index (χ3n) is 4.09. The van der Waals surface area contributed by atoms with Crippen LogP contribution in [0.5, 0.6) is 0 Å². The molecule has 3 heterocycles. The fraction of sp³-hybridized carbons (Fsp3) is 0.278. The highest BCUT2D eigenvalue weighted by molar-refractivity contribution is 5.79. The van der Waals surface area contributed by atoms with Gasteiger partial charge in [0.25, 0.3) is 5.56 Å². The Morgan fingerprint density at radius 3 is 2.96 bits per heavy atom. The van der Waals surface area contributed by atoms with Gasteiger partial charge in [-0.15, -0.1) is 6.42 Å². The van der Waals surface area contributed by atoms with Crippen LogP contribution in [0.15, 0.2) is 33.7 Å². The van der Waals surface area contributed by atoms with Gasteiger partial charge in [0.2, 0.25) is 5.91 Å². The van der Waals surface area contributed by atoms with Crippen LogP contribution in [0.3, 0.4) is 0 Å². The summed E-state index contributed by atoms with van der Waals surface area (Å²) in [6, 6.07) is 4.99. The number of aryl methyl sites for hydroxylation is 2. The molecule has 0 saturated carbocycles. The number of fused-ring (bicyclic) bond motifs is 1. The lowest BCUT2D eigenvalue weighted by atomic mass is 10.1. The minimum Gasteiger partial charge on any atom is -0.467 e. The third-order valence-corrected chi connectivity index (χ3v) is 4.09. The lowest BCUT2D eigenvalue weighted by Gasteiger charge is -2.20. The van der Waals surface area contributed by atoms with Gasteiger partial charge in [0.05, 0.1) is 25.8 Å². The zero-order valence-corrected chi connectivity index (χ0v) is 14.1. The maximum atomic E-state index is 12.8. The van der Waals surface area contributed by atoms with Crippen molar-refractivity contribution in [3.63, 3.8) is 0 Å². The van der Waals surface area contributed by atoms with Crippen molar-refractivity contribution in [2.45, 2.75) is 26.8 Å². The molecule has 1 N–H and O–H groups in total. The predicted molar refractivity (Wildman–Crippen MR) is 91.9 cm³/mol. The molecule has 0 aliphatic carbocycles. The molecule has 3 rings (SSSR count). The van der Waals surface area contributed by atoms with E-state index >= 15 is 0 Å². The van der Waals surface area contributed by atoms with Crippen LogP contribution in [-0.2, 0) is 17.8 Å². The Kier molecular flexibility index (Phi) is 4.44. The first-order chi connectivity index (χ1) is 12.0. The van der Waals surface area contributed by atoms with E-state index in [4.69, 9.17) is 10.8 Å². The SMILES string of the molecule is C#CCN(Cc1ccco1)C(=O)Cc1c(C)nc2cc(=O)[nH]n2c1C. The number of aromatic amines is 1. The summed E-state index contributed by atoms with van der Waals surface area (Å²) in [6.45, 7) is 4.17. The number of hydrogen-bond donors (Lipinski definition) is 1. The maximum Gasteiger partial charge on any atom is 0.266 e. The molecule has 7 nitrogen and oxygen atoms in total. The first-order valence-electron chi connectivity index (χ1n) is 7.81. The molecule has 3 aromatic rings. The van der Waals surface area contributed by atoms with Gasteiger partial charge in [-0.2, -0.15) is 0 Å². The number of amides is 1. The van der Waals surface area contributed by atoms with E-state index in [0.29, 0.717) is 23.6 Å². The van der Waals surface area contributed by atoms with E-state index in [1.807, 2.05) is 13.8 Å². The largest absolute Gasteiger partial charge is 0.467 e. The van der Waals surface area contributed by atoms with Gasteiger partial charge in [-0.25, -0.2) is 9.50 Å². The molecule has 0 fully saturated rings. The second kappa shape index (κ2) is 6.69. The molecule has 0 aromatic carbocycles. The monoisotopic (exact) mass is 338 g/mol. The van der Waals surface area contributed by atoms with Crippen molar-refractivity contribution in [2.24, 2.45) is 0 Å². The van der Waals surface area contributed by atoms with Crippen molar-refractivity contribution in [3.8, 4) is 12.3 Å². The van der Waals surface area contributed by atoms with Crippen molar-refractivity contribution in [2.75, 3.05) is 6.54 Å². The fourth-order valence-electron chi connectivity index (χ4n) is 2.81. The summed E-state index contributed by atoms with van der Waals surface area (Å²) in [5, 5.41) is 2.68. The molecule has 0 radical (unpaired) electrons. The van der Waals surface area contributed by atoms with Crippen molar-refractivity contribution >= 4 is 11.6 Å². The Labute approximate surface area is 144 Å². The minimum absolute atomic E-state index is 0.129. The maximum absolute atomic E-state index is 12.8. The molecule has 0 aliphatic heterocycles. The minimum atomic E-state index is -0.231. The van der Waals surface area contributed by atoms with Gasteiger partial charge >= 0.3 is 0 Å². The van der Waals surface area contributed by atoms with Gasteiger partial charge < -0.3 is 9.32 Å². The second-order valence-electron chi connectivity index (χ2n) is 5.79. The normalized spacial score (nSPS) is 10.8. The van der Waals surface area contributed by atoms with Crippen molar-refractivity contribution in [1.82, 2.24) is 19.5 Å². The molecule has 0 saturated heterocycles. The van der Waals surface area contributed by atoms with E-state index in [1.165, 1.54) is 6.07 Å². The number of terminal acetylenes is 1. The van der Waals surface area contributed by atoms with E-state index in [0.717, 1.165) is 11.3 Å². The average molecular weight is 338 g/mol. The number of furan rings is 1. The van der Waals surface area contributed by atoms with Crippen LogP contribution in [0.25, 0.3) is 5.65 Å². The van der Waals surface area contributed by atoms with Gasteiger partial charge in [-0.3, -0.25) is 14.7 Å². The number of carbonyl (C=O) groups is 1. The lowest BCUT2D eigenvalue weighted by molar-refractivity contribution is -0.130. The molecule has 7 heteroatoms. The van der Waals surface area contributed by atoms with Gasteiger partial charge in [-0.05, 0) is 26.0 Å². The molecule has 25 heavy (non-hydrogen) atoms. The van der Waals surface area contributed by atoms with Crippen LogP contribution in [0.1, 0.15) is 22.7 Å². The second-order valence-corrected chi connectivity index (χ2v) is 5.79. The molecular weight excluding hydrogens is 320 g/mol. The molecule has 0 unspecified atom stereocenters. The predicted octanol–water partition coefficient (Wildman–Crippen LogP) is 1.44. The van der Waals surface area contributed by atoms with Gasteiger partial charge in [0, 0.05) is 23.0 Å². The first-order valence-corrected chi connectivity index (χ1v) is 7.81. The van der Waals surface area contributed by atoms with E-state index in [1.54, 1.807) is 27.8 Å². The summed E-state index contributed by atoms with van der Waals surface area (Å²) in [5.41, 5.74) is 2.56. The number of nitrogens with zero attached hydrogens (tertiary/aromatic N) is 3. The van der Waals surface area contributed by atoms with Gasteiger partial charge in [0.1, 0.15) is 5.76 Å². The van der Waals surface area contributed by atoms with E-state index in [-0.39, 0.29) is 24.4 Å². The summed E-state index contributed by atoms with van der Waals surface area (Å²) in [5.74, 6) is 3.04. The number of hydrogen-bond acceptors (Lipinski definition) is 4. The van der Waals surface area contributed by atoms with E-state index < -0.39 is 0 Å². The summed E-state index contributed by atoms with van der Waals surface area (Å²) in [6.07, 6.45) is 7.10. The fourth-order valence-corrected chi connectivity index (χ4v) is 2.81. The number of nitrogens with one attached hydrogen (secondary N) is 1. The highest BCUT2D eigenvalue weighted by atomic mass is 16.3. The number of rotatable bonds is 5. The number of carbonyl (C=O) groups excluding carboxylic acids is 1. The highest BCUT2D eigenvalue weighted by Crippen LogP contribution is 2.16. The van der Waals surface area contributed by atoms with E-state index in [2.05, 4.69) is 16.0 Å². The van der Waals surface area contributed by atoms with Crippen LogP contribution < -0.4 is 5.56 Å². The van der Waals surface area contributed by atoms with Crippen molar-refractivity contribution < 1.29 is 9.21 Å². The summed E-state index contributed by atoms with van der Waals surface area (Å²) in [4.78, 5) is 30.2. The number of aromatic nitrogens is 3. The van der Waals surface area contributed by atoms with Crippen LogP contribution in [0, 0.1) is 26.2 Å². The molecule has 0 atom stereocenters. The number of H-pyrrole nitrogens is 1. The lowest BCUT2D eigenvalue weighted by Crippen LogP contribution is -2.32. The Morgan fingerprint density at radius 2 is 2.28 bits per heavy atom. The van der Waals surface area contributed by atoms with Gasteiger partial charge in [0.15, 0.2) is 5.65 Å². The zero-order valence-electron chi connectivity index (χ0n) is 14.1. The Morgan fingerprint density at radius 1 is 1.48 bits per heavy atom. The van der Waals surface area contributed by atoms with Crippen molar-refractivity contribution in [3.05, 3.63) is 57.5 Å². The standard InChI is InChI=1S/C18H18N4O3/c1-4-7-21(11-14-6-5-8-25-14)18(24)9-15-12(2)19-16-10-17(23)20-22(16)13(15)3/h1,5-6,8,10H,7,9,11H2,2-3H3,(H,20,23). The average Bonchev–Trinajstić information content (AvgIpc) is 3.20. The summed E-state index contributed by atoms with van der Waals surface area (Å²) < 4.78 is 6.89. The molecule has 128 valence electrons. The Balaban J connectivity index is 1.89. The third kappa shape index (κ3) is 3.33. The highest BCUT2D eigenvalue weighted by Gasteiger charge is 2.19. The Hall–Kier alpha value is -3.27. The topological polar surface area (TPSA) is 83.6 Å². The van der Waals surface area contributed by atoms with E-state index in [9.17, 15) is 9.59 Å². The summed E-state index contributed by atoms with van der Waals surface area (Å²) >= 11 is 0. The molecule has 1 amide bonds. The molecule has 3 aromatic heterocycles. The van der Waals surface area contributed by atoms with Crippen LogP contribution in [-0.4, -0.2) is 31.9 Å². The smallest absolute Gasteiger partial charge is 0.266 e. The van der Waals surface area contributed by atoms with Crippen LogP contribution in [0.2, 0.25) is 0 Å². The quantitative estimate of drug-likeness (QED) is 0.714. The van der Waals surface area contributed by atoms with Crippen LogP contribution in [0.4, 0.5) is 0 Å². The molecular formula is C18H18N4O3. The molecule has 0 bridgehead atoms. The molecule has 0 spiro atoms. The summed E-state index contributed by atoms with van der Waals surface area (Å²) in [7, 11) is 0. The van der Waals surface area contributed by atoms with Gasteiger partial charge in [-0.1, -0.05) is 5.92 Å². The zero-order chi connectivity index (χ0) is 18.0. The molecule has 0 aliphatic rings. The van der Waals surface area contributed by atoms with Crippen molar-refractivity contribution in [1.29, 1.82) is 0 Å².